The van der Waals surface area contributed by atoms with Gasteiger partial charge in [0.1, 0.15) is 34.5 Å². The Bertz CT molecular complexity index is 2230. The number of alkyl halides is 3. The van der Waals surface area contributed by atoms with Gasteiger partial charge in [0.05, 0.1) is 36.0 Å². The molecule has 0 fully saturated rings. The zero-order valence-corrected chi connectivity index (χ0v) is 27.8. The molecule has 7 aromatic rings. The molecule has 2 aromatic heterocycles. The summed E-state index contributed by atoms with van der Waals surface area (Å²) in [7, 11) is 3.30. The van der Waals surface area contributed by atoms with Crippen molar-refractivity contribution in [3.05, 3.63) is 121 Å². The van der Waals surface area contributed by atoms with Gasteiger partial charge >= 0.3 is 12.1 Å². The van der Waals surface area contributed by atoms with Gasteiger partial charge in [0.25, 0.3) is 0 Å². The fraction of sp³-hybridized carbons (Fsp3) is 0.108. The first-order chi connectivity index (χ1) is 25.1. The predicted molar refractivity (Wildman–Crippen MR) is 190 cm³/mol. The number of carboxylic acids is 1. The van der Waals surface area contributed by atoms with Crippen LogP contribution in [0.4, 0.5) is 24.8 Å². The number of aliphatic carboxylic acids is 1. The van der Waals surface area contributed by atoms with Gasteiger partial charge in [-0.2, -0.15) is 23.4 Å². The number of carboxylic acid groups (broad SMARTS) is 1. The van der Waals surface area contributed by atoms with Crippen LogP contribution in [0.1, 0.15) is 5.56 Å². The van der Waals surface area contributed by atoms with Crippen LogP contribution in [-0.4, -0.2) is 51.9 Å². The van der Waals surface area contributed by atoms with Crippen molar-refractivity contribution in [2.24, 2.45) is 0 Å². The van der Waals surface area contributed by atoms with E-state index in [1.807, 2.05) is 115 Å². The van der Waals surface area contributed by atoms with Crippen molar-refractivity contribution in [3.63, 3.8) is 0 Å². The van der Waals surface area contributed by atoms with E-state index in [4.69, 9.17) is 34.6 Å². The minimum absolute atomic E-state index is 0.450. The molecule has 0 unspecified atom stereocenters. The molecular formula is C37H33F3N6O6. The van der Waals surface area contributed by atoms with Crippen LogP contribution in [0.2, 0.25) is 0 Å². The lowest BCUT2D eigenvalue weighted by molar-refractivity contribution is -0.192. The highest BCUT2D eigenvalue weighted by atomic mass is 19.4. The summed E-state index contributed by atoms with van der Waals surface area (Å²) in [6.45, 7) is 0.528. The molecule has 52 heavy (non-hydrogen) atoms. The lowest BCUT2D eigenvalue weighted by Crippen LogP contribution is -2.21. The number of nitrogens with two attached hydrogens (primary N) is 1. The van der Waals surface area contributed by atoms with E-state index in [9.17, 15) is 13.2 Å². The monoisotopic (exact) mass is 714 g/mol. The van der Waals surface area contributed by atoms with Crippen LogP contribution in [-0.2, 0) is 11.3 Å². The summed E-state index contributed by atoms with van der Waals surface area (Å²) in [4.78, 5) is 8.90. The Balaban J connectivity index is 0.000000184. The second-order valence-corrected chi connectivity index (χ2v) is 10.7. The first-order valence-electron chi connectivity index (χ1n) is 15.5. The van der Waals surface area contributed by atoms with Crippen molar-refractivity contribution >= 4 is 39.4 Å². The Hall–Kier alpha value is -6.90. The normalized spacial score (nSPS) is 10.7. The molecule has 12 nitrogen and oxygen atoms in total. The topological polar surface area (TPSA) is 170 Å². The summed E-state index contributed by atoms with van der Waals surface area (Å²) in [5.74, 6) is 2.96. The number of para-hydroxylation sites is 2. The van der Waals surface area contributed by atoms with Gasteiger partial charge in [-0.15, -0.1) is 0 Å². The second kappa shape index (κ2) is 16.7. The molecule has 6 N–H and O–H groups in total. The van der Waals surface area contributed by atoms with Crippen molar-refractivity contribution in [1.82, 2.24) is 20.4 Å². The Morgan fingerprint density at radius 3 is 1.79 bits per heavy atom. The Morgan fingerprint density at radius 1 is 0.712 bits per heavy atom. The number of aromatic nitrogens is 4. The van der Waals surface area contributed by atoms with E-state index in [1.165, 1.54) is 0 Å². The first-order valence-corrected chi connectivity index (χ1v) is 15.5. The van der Waals surface area contributed by atoms with Crippen LogP contribution in [0.5, 0.6) is 34.5 Å². The van der Waals surface area contributed by atoms with Gasteiger partial charge in [-0.05, 0) is 66.7 Å². The highest BCUT2D eigenvalue weighted by molar-refractivity contribution is 5.95. The van der Waals surface area contributed by atoms with Crippen molar-refractivity contribution in [3.8, 4) is 34.5 Å². The van der Waals surface area contributed by atoms with Gasteiger partial charge in [0, 0.05) is 12.1 Å². The Kier molecular flexibility index (Phi) is 11.7. The van der Waals surface area contributed by atoms with E-state index >= 15 is 0 Å². The fourth-order valence-electron chi connectivity index (χ4n) is 4.83. The summed E-state index contributed by atoms with van der Waals surface area (Å²) in [5.41, 5.74) is 8.55. The number of nitrogens with zero attached hydrogens (tertiary/aromatic N) is 2. The Morgan fingerprint density at radius 2 is 1.25 bits per heavy atom. The van der Waals surface area contributed by atoms with E-state index in [0.29, 0.717) is 23.9 Å². The standard InChI is InChI=1S/C22H21N3O3.C13H11N3O.C2HF3O2/c1-26-17-11-12-19(27-2)15(13-17)14-23-22-21-18(24-25-22)9-6-10-20(21)28-16-7-4-3-5-8-16;14-13-12-10(15-16-13)7-4-8-11(12)17-9-5-2-1-3-6-9;3-2(4,5)1(6)7/h3-13H,14H2,1-2H3,(H2,23,24,25);1-8H,(H3,14,15,16);(H,6,7). The predicted octanol–water partition coefficient (Wildman–Crippen LogP) is 8.56. The number of nitrogens with one attached hydrogen (secondary N) is 3. The number of hydrogen-bond acceptors (Lipinski definition) is 9. The lowest BCUT2D eigenvalue weighted by atomic mass is 10.1. The molecule has 5 aromatic carbocycles. The van der Waals surface area contributed by atoms with Crippen molar-refractivity contribution < 1.29 is 42.0 Å². The quantitative estimate of drug-likeness (QED) is 0.0976. The summed E-state index contributed by atoms with van der Waals surface area (Å²) in [5, 5.41) is 26.5. The van der Waals surface area contributed by atoms with Gasteiger partial charge in [-0.1, -0.05) is 48.5 Å². The minimum Gasteiger partial charge on any atom is -0.497 e. The molecule has 0 aliphatic rings. The van der Waals surface area contributed by atoms with Crippen molar-refractivity contribution in [2.75, 3.05) is 25.3 Å². The van der Waals surface area contributed by atoms with Gasteiger partial charge in [0.2, 0.25) is 0 Å². The molecule has 268 valence electrons. The number of carbonyl (C=O) groups is 1. The largest absolute Gasteiger partial charge is 0.497 e. The molecule has 0 aliphatic carbocycles. The number of methoxy groups -OCH3 is 2. The Labute approximate surface area is 294 Å². The van der Waals surface area contributed by atoms with Crippen LogP contribution < -0.4 is 30.0 Å². The van der Waals surface area contributed by atoms with E-state index in [-0.39, 0.29) is 0 Å². The number of nitrogen functional groups attached to an aromatic ring is 1. The number of fused-ring (bicyclic) bond motifs is 2. The molecule has 0 saturated carbocycles. The number of halogens is 3. The highest BCUT2D eigenvalue weighted by Crippen LogP contribution is 2.35. The molecule has 2 heterocycles. The lowest BCUT2D eigenvalue weighted by Gasteiger charge is -2.12. The molecule has 0 spiro atoms. The van der Waals surface area contributed by atoms with Crippen molar-refractivity contribution in [2.45, 2.75) is 12.7 Å². The number of anilines is 2. The van der Waals surface area contributed by atoms with Gasteiger partial charge in [0.15, 0.2) is 11.6 Å². The summed E-state index contributed by atoms with van der Waals surface area (Å²) in [6.07, 6.45) is -5.08. The zero-order valence-electron chi connectivity index (χ0n) is 27.8. The van der Waals surface area contributed by atoms with E-state index in [2.05, 4.69) is 25.7 Å². The average Bonchev–Trinajstić information content (AvgIpc) is 3.76. The number of aromatic amines is 2. The smallest absolute Gasteiger partial charge is 0.490 e. The zero-order chi connectivity index (χ0) is 37.1. The van der Waals surface area contributed by atoms with Crippen LogP contribution >= 0.6 is 0 Å². The molecule has 15 heteroatoms. The molecule has 0 amide bonds. The minimum atomic E-state index is -5.08. The second-order valence-electron chi connectivity index (χ2n) is 10.7. The average molecular weight is 715 g/mol. The van der Waals surface area contributed by atoms with Crippen LogP contribution in [0.25, 0.3) is 21.8 Å². The third-order valence-electron chi connectivity index (χ3n) is 7.25. The van der Waals surface area contributed by atoms with E-state index in [1.54, 1.807) is 14.2 Å². The van der Waals surface area contributed by atoms with Crippen LogP contribution in [0.15, 0.2) is 115 Å². The number of hydrogen-bond donors (Lipinski definition) is 5. The maximum Gasteiger partial charge on any atom is 0.490 e. The number of benzene rings is 5. The number of rotatable bonds is 9. The molecule has 0 bridgehead atoms. The highest BCUT2D eigenvalue weighted by Gasteiger charge is 2.38. The summed E-state index contributed by atoms with van der Waals surface area (Å²) >= 11 is 0. The van der Waals surface area contributed by atoms with E-state index in [0.717, 1.165) is 56.1 Å². The molecular weight excluding hydrogens is 681 g/mol. The molecule has 0 aliphatic heterocycles. The fourth-order valence-corrected chi connectivity index (χ4v) is 4.83. The number of ether oxygens (including phenoxy) is 4. The SMILES string of the molecule is COc1ccc(OC)c(CNc2n[nH]c3cccc(Oc4ccccc4)c23)c1.Nc1n[nH]c2cccc(Oc3ccccc3)c12.O=C(O)C(F)(F)F. The molecule has 7 rings (SSSR count). The maximum absolute atomic E-state index is 10.6. The third kappa shape index (κ3) is 9.20. The number of H-pyrrole nitrogens is 2. The molecule has 0 saturated heterocycles. The first kappa shape index (κ1) is 36.4. The molecule has 0 radical (unpaired) electrons. The van der Waals surface area contributed by atoms with Gasteiger partial charge in [-0.3, -0.25) is 10.2 Å². The van der Waals surface area contributed by atoms with Gasteiger partial charge < -0.3 is 35.1 Å². The van der Waals surface area contributed by atoms with Crippen molar-refractivity contribution in [1.29, 1.82) is 0 Å². The summed E-state index contributed by atoms with van der Waals surface area (Å²) in [6, 6.07) is 36.5. The third-order valence-corrected chi connectivity index (χ3v) is 7.25. The summed E-state index contributed by atoms with van der Waals surface area (Å²) < 4.78 is 54.4. The van der Waals surface area contributed by atoms with Crippen LogP contribution in [0.3, 0.4) is 0 Å². The van der Waals surface area contributed by atoms with E-state index < -0.39 is 12.1 Å². The molecule has 0 atom stereocenters. The van der Waals surface area contributed by atoms with Gasteiger partial charge in [-0.25, -0.2) is 4.79 Å². The van der Waals surface area contributed by atoms with Crippen LogP contribution in [0, 0.1) is 0 Å². The maximum atomic E-state index is 10.6.